The van der Waals surface area contributed by atoms with Gasteiger partial charge in [-0.25, -0.2) is 4.79 Å². The highest BCUT2D eigenvalue weighted by molar-refractivity contribution is 5.68. The third-order valence-electron chi connectivity index (χ3n) is 4.30. The van der Waals surface area contributed by atoms with E-state index in [1.807, 2.05) is 26.0 Å². The van der Waals surface area contributed by atoms with E-state index in [9.17, 15) is 4.79 Å². The largest absolute Gasteiger partial charge is 0.444 e. The number of nitrogens with two attached hydrogens (primary N) is 2. The maximum absolute atomic E-state index is 10.9. The van der Waals surface area contributed by atoms with Crippen molar-refractivity contribution in [1.29, 1.82) is 0 Å². The van der Waals surface area contributed by atoms with Gasteiger partial charge in [0.15, 0.2) is 0 Å². The minimum atomic E-state index is -0.699. The lowest BCUT2D eigenvalue weighted by Crippen LogP contribution is -2.39. The molecule has 1 amide bonds. The van der Waals surface area contributed by atoms with Gasteiger partial charge in [-0.3, -0.25) is 0 Å². The third-order valence-corrected chi connectivity index (χ3v) is 4.30. The van der Waals surface area contributed by atoms with E-state index in [0.717, 1.165) is 43.7 Å². The summed E-state index contributed by atoms with van der Waals surface area (Å²) in [5.74, 6) is 0.539. The number of carbonyl (C=O) groups is 1. The summed E-state index contributed by atoms with van der Waals surface area (Å²) in [6.45, 7) is 7.88. The van der Waals surface area contributed by atoms with Gasteiger partial charge in [0.2, 0.25) is 0 Å². The number of nitrogen functional groups attached to an aromatic ring is 1. The van der Waals surface area contributed by atoms with Crippen molar-refractivity contribution in [2.75, 3.05) is 23.7 Å². The number of primary amides is 1. The molecule has 1 aromatic rings. The van der Waals surface area contributed by atoms with Crippen LogP contribution < -0.4 is 16.4 Å². The molecule has 1 fully saturated rings. The van der Waals surface area contributed by atoms with Gasteiger partial charge in [0.1, 0.15) is 5.60 Å². The van der Waals surface area contributed by atoms with Crippen molar-refractivity contribution in [2.24, 2.45) is 11.7 Å². The average Bonchev–Trinajstić information content (AvgIpc) is 2.40. The van der Waals surface area contributed by atoms with Crippen molar-refractivity contribution < 1.29 is 9.53 Å². The second kappa shape index (κ2) is 6.46. The number of piperidine rings is 1. The van der Waals surface area contributed by atoms with E-state index in [1.165, 1.54) is 5.56 Å². The molecule has 2 rings (SSSR count). The molecule has 5 heteroatoms. The Morgan fingerprint density at radius 3 is 2.59 bits per heavy atom. The summed E-state index contributed by atoms with van der Waals surface area (Å²) in [4.78, 5) is 13.3. The third kappa shape index (κ3) is 4.29. The monoisotopic (exact) mass is 305 g/mol. The second-order valence-corrected chi connectivity index (χ2v) is 6.88. The summed E-state index contributed by atoms with van der Waals surface area (Å²) >= 11 is 0. The van der Waals surface area contributed by atoms with Crippen LogP contribution in [0.4, 0.5) is 16.2 Å². The molecule has 0 saturated carbocycles. The van der Waals surface area contributed by atoms with Gasteiger partial charge < -0.3 is 21.1 Å². The summed E-state index contributed by atoms with van der Waals surface area (Å²) in [6.07, 6.45) is 2.28. The number of anilines is 2. The van der Waals surface area contributed by atoms with Gasteiger partial charge in [0, 0.05) is 13.1 Å². The molecule has 1 saturated heterocycles. The van der Waals surface area contributed by atoms with E-state index in [0.29, 0.717) is 5.92 Å². The Morgan fingerprint density at radius 2 is 2.00 bits per heavy atom. The number of ether oxygens (including phenoxy) is 1. The van der Waals surface area contributed by atoms with Crippen LogP contribution in [-0.4, -0.2) is 24.8 Å². The fraction of sp³-hybridized carbons (Fsp3) is 0.588. The Labute approximate surface area is 132 Å². The van der Waals surface area contributed by atoms with Crippen LogP contribution in [-0.2, 0) is 4.74 Å². The molecule has 0 bridgehead atoms. The van der Waals surface area contributed by atoms with Gasteiger partial charge in [0.05, 0.1) is 11.4 Å². The number of rotatable bonds is 4. The predicted molar refractivity (Wildman–Crippen MR) is 89.9 cm³/mol. The van der Waals surface area contributed by atoms with E-state index in [-0.39, 0.29) is 0 Å². The number of hydrogen-bond donors (Lipinski definition) is 2. The summed E-state index contributed by atoms with van der Waals surface area (Å²) in [7, 11) is 0. The molecular weight excluding hydrogens is 278 g/mol. The Balaban J connectivity index is 1.93. The minimum Gasteiger partial charge on any atom is -0.444 e. The van der Waals surface area contributed by atoms with Gasteiger partial charge >= 0.3 is 6.09 Å². The zero-order chi connectivity index (χ0) is 16.3. The molecule has 122 valence electrons. The topological polar surface area (TPSA) is 81.6 Å². The lowest BCUT2D eigenvalue weighted by Gasteiger charge is -2.37. The molecule has 5 nitrogen and oxygen atoms in total. The van der Waals surface area contributed by atoms with Crippen molar-refractivity contribution >= 4 is 17.5 Å². The lowest BCUT2D eigenvalue weighted by molar-refractivity contribution is 0.0236. The van der Waals surface area contributed by atoms with Crippen LogP contribution >= 0.6 is 0 Å². The Kier molecular flexibility index (Phi) is 4.84. The van der Waals surface area contributed by atoms with Crippen molar-refractivity contribution in [1.82, 2.24) is 0 Å². The Hall–Kier alpha value is -1.91. The van der Waals surface area contributed by atoms with E-state index in [1.54, 1.807) is 0 Å². The van der Waals surface area contributed by atoms with Crippen LogP contribution in [0.3, 0.4) is 0 Å². The Bertz CT molecular complexity index is 535. The predicted octanol–water partition coefficient (Wildman–Crippen LogP) is 3.06. The summed E-state index contributed by atoms with van der Waals surface area (Å²) < 4.78 is 5.19. The Morgan fingerprint density at radius 1 is 1.36 bits per heavy atom. The van der Waals surface area contributed by atoms with E-state index in [4.69, 9.17) is 16.2 Å². The number of nitrogens with zero attached hydrogens (tertiary/aromatic N) is 1. The molecule has 0 aromatic heterocycles. The van der Waals surface area contributed by atoms with Crippen molar-refractivity contribution in [3.63, 3.8) is 0 Å². The zero-order valence-corrected chi connectivity index (χ0v) is 13.8. The molecule has 0 radical (unpaired) electrons. The lowest BCUT2D eigenvalue weighted by atomic mass is 9.86. The standard InChI is InChI=1S/C17H27N3O2/c1-12-4-5-14(18)15(10-12)20-8-6-13(7-9-20)11-17(2,3)22-16(19)21/h4-5,10,13H,6-9,11,18H2,1-3H3,(H2,19,21). The van der Waals surface area contributed by atoms with Crippen molar-refractivity contribution in [2.45, 2.75) is 45.6 Å². The van der Waals surface area contributed by atoms with Crippen LogP contribution in [0, 0.1) is 12.8 Å². The second-order valence-electron chi connectivity index (χ2n) is 6.88. The molecule has 0 aliphatic carbocycles. The molecule has 1 aliphatic heterocycles. The number of hydrogen-bond acceptors (Lipinski definition) is 4. The first-order valence-electron chi connectivity index (χ1n) is 7.86. The maximum Gasteiger partial charge on any atom is 0.405 e. The highest BCUT2D eigenvalue weighted by atomic mass is 16.6. The van der Waals surface area contributed by atoms with Crippen LogP contribution in [0.15, 0.2) is 18.2 Å². The molecule has 0 unspecified atom stereocenters. The highest BCUT2D eigenvalue weighted by Crippen LogP contribution is 2.32. The first kappa shape index (κ1) is 16.5. The van der Waals surface area contributed by atoms with Crippen LogP contribution in [0.25, 0.3) is 0 Å². The fourth-order valence-electron chi connectivity index (χ4n) is 3.31. The van der Waals surface area contributed by atoms with Gasteiger partial charge in [-0.05, 0) is 63.6 Å². The van der Waals surface area contributed by atoms with Crippen molar-refractivity contribution in [3.8, 4) is 0 Å². The van der Waals surface area contributed by atoms with Gasteiger partial charge in [-0.2, -0.15) is 0 Å². The smallest absolute Gasteiger partial charge is 0.405 e. The fourth-order valence-corrected chi connectivity index (χ4v) is 3.31. The SMILES string of the molecule is Cc1ccc(N)c(N2CCC(CC(C)(C)OC(N)=O)CC2)c1. The molecule has 1 heterocycles. The quantitative estimate of drug-likeness (QED) is 0.838. The van der Waals surface area contributed by atoms with Crippen LogP contribution in [0.5, 0.6) is 0 Å². The molecule has 0 spiro atoms. The number of aryl methyl sites for hydroxylation is 1. The molecular formula is C17H27N3O2. The molecule has 0 atom stereocenters. The molecule has 4 N–H and O–H groups in total. The number of carbonyl (C=O) groups excluding carboxylic acids is 1. The maximum atomic E-state index is 10.9. The summed E-state index contributed by atoms with van der Waals surface area (Å²) in [5, 5.41) is 0. The molecule has 22 heavy (non-hydrogen) atoms. The van der Waals surface area contributed by atoms with Gasteiger partial charge in [-0.15, -0.1) is 0 Å². The van der Waals surface area contributed by atoms with E-state index >= 15 is 0 Å². The molecule has 1 aromatic carbocycles. The highest BCUT2D eigenvalue weighted by Gasteiger charge is 2.29. The first-order valence-corrected chi connectivity index (χ1v) is 7.86. The van der Waals surface area contributed by atoms with Crippen LogP contribution in [0.1, 0.15) is 38.7 Å². The van der Waals surface area contributed by atoms with Gasteiger partial charge in [0.25, 0.3) is 0 Å². The van der Waals surface area contributed by atoms with Crippen molar-refractivity contribution in [3.05, 3.63) is 23.8 Å². The average molecular weight is 305 g/mol. The van der Waals surface area contributed by atoms with Crippen LogP contribution in [0.2, 0.25) is 0 Å². The van der Waals surface area contributed by atoms with E-state index in [2.05, 4.69) is 17.9 Å². The minimum absolute atomic E-state index is 0.499. The number of amides is 1. The normalized spacial score (nSPS) is 16.6. The van der Waals surface area contributed by atoms with Gasteiger partial charge in [-0.1, -0.05) is 6.07 Å². The number of benzene rings is 1. The summed E-state index contributed by atoms with van der Waals surface area (Å²) in [5.41, 5.74) is 13.9. The summed E-state index contributed by atoms with van der Waals surface area (Å²) in [6, 6.07) is 6.16. The zero-order valence-electron chi connectivity index (χ0n) is 13.8. The first-order chi connectivity index (χ1) is 10.3. The van der Waals surface area contributed by atoms with E-state index < -0.39 is 11.7 Å². The molecule has 1 aliphatic rings.